The lowest BCUT2D eigenvalue weighted by molar-refractivity contribution is -0.168. The Morgan fingerprint density at radius 3 is 1.68 bits per heavy atom. The van der Waals surface area contributed by atoms with E-state index < -0.39 is 5.41 Å². The summed E-state index contributed by atoms with van der Waals surface area (Å²) in [6, 6.07) is 0. The predicted octanol–water partition coefficient (Wildman–Crippen LogP) is 4.65. The van der Waals surface area contributed by atoms with E-state index in [2.05, 4.69) is 13.8 Å². The number of carbonyl (C=O) groups excluding carboxylic acids is 2. The molecule has 0 radical (unpaired) electrons. The Morgan fingerprint density at radius 1 is 0.864 bits per heavy atom. The summed E-state index contributed by atoms with van der Waals surface area (Å²) in [7, 11) is 0. The number of hydrogen-bond donors (Lipinski definition) is 0. The number of esters is 2. The minimum absolute atomic E-state index is 0.122. The fraction of sp³-hybridized carbons (Fsp3) is 0.889. The maximum absolute atomic E-state index is 12.7. The van der Waals surface area contributed by atoms with Crippen molar-refractivity contribution < 1.29 is 19.1 Å². The molecule has 0 fully saturated rings. The number of unbranched alkanes of at least 4 members (excludes halogenated alkanes) is 2. The minimum Gasteiger partial charge on any atom is -0.463 e. The molecule has 0 unspecified atom stereocenters. The zero-order valence-electron chi connectivity index (χ0n) is 15.2. The van der Waals surface area contributed by atoms with Crippen LogP contribution in [0.2, 0.25) is 0 Å². The lowest BCUT2D eigenvalue weighted by Crippen LogP contribution is -2.37. The highest BCUT2D eigenvalue weighted by atomic mass is 16.6. The summed E-state index contributed by atoms with van der Waals surface area (Å²) in [5.74, 6) is -0.548. The fourth-order valence-electron chi connectivity index (χ4n) is 2.53. The van der Waals surface area contributed by atoms with Gasteiger partial charge in [-0.05, 0) is 40.5 Å². The molecule has 0 atom stereocenters. The molecule has 22 heavy (non-hydrogen) atoms. The Labute approximate surface area is 135 Å². The fourth-order valence-corrected chi connectivity index (χ4v) is 2.53. The second-order valence-electron chi connectivity index (χ2n) is 6.66. The van der Waals surface area contributed by atoms with Crippen LogP contribution in [-0.2, 0) is 19.1 Å². The Balaban J connectivity index is 5.23. The standard InChI is InChI=1S/C18H34O4/c1-7-9-11-18(12-10-8-2,17(20)22-15(5)6)13-16(19)21-14(3)4/h14-15H,7-13H2,1-6H3. The van der Waals surface area contributed by atoms with Gasteiger partial charge in [0.15, 0.2) is 0 Å². The first kappa shape index (κ1) is 20.9. The summed E-state index contributed by atoms with van der Waals surface area (Å²) >= 11 is 0. The van der Waals surface area contributed by atoms with Crippen molar-refractivity contribution in [3.8, 4) is 0 Å². The van der Waals surface area contributed by atoms with E-state index in [9.17, 15) is 9.59 Å². The molecule has 0 bridgehead atoms. The highest BCUT2D eigenvalue weighted by molar-refractivity contribution is 5.83. The average molecular weight is 314 g/mol. The third kappa shape index (κ3) is 7.81. The van der Waals surface area contributed by atoms with E-state index in [0.717, 1.165) is 25.7 Å². The summed E-state index contributed by atoms with van der Waals surface area (Å²) in [4.78, 5) is 24.8. The van der Waals surface area contributed by atoms with Crippen LogP contribution in [0, 0.1) is 5.41 Å². The highest BCUT2D eigenvalue weighted by Gasteiger charge is 2.41. The number of ether oxygens (including phenoxy) is 2. The second kappa shape index (κ2) is 10.6. The smallest absolute Gasteiger partial charge is 0.312 e. The monoisotopic (exact) mass is 314 g/mol. The van der Waals surface area contributed by atoms with Gasteiger partial charge >= 0.3 is 11.9 Å². The van der Waals surface area contributed by atoms with Gasteiger partial charge in [0.25, 0.3) is 0 Å². The SMILES string of the molecule is CCCCC(CCCC)(CC(=O)OC(C)C)C(=O)OC(C)C. The minimum atomic E-state index is -0.734. The van der Waals surface area contributed by atoms with E-state index in [1.54, 1.807) is 0 Å². The molecule has 0 heterocycles. The molecule has 0 N–H and O–H groups in total. The quantitative estimate of drug-likeness (QED) is 0.521. The van der Waals surface area contributed by atoms with Gasteiger partial charge in [0, 0.05) is 0 Å². The maximum atomic E-state index is 12.7. The summed E-state index contributed by atoms with van der Waals surface area (Å²) in [6.45, 7) is 11.5. The molecule has 0 rings (SSSR count). The maximum Gasteiger partial charge on any atom is 0.312 e. The van der Waals surface area contributed by atoms with Crippen molar-refractivity contribution in [2.75, 3.05) is 0 Å². The molecule has 130 valence electrons. The number of hydrogen-bond acceptors (Lipinski definition) is 4. The van der Waals surface area contributed by atoms with Gasteiger partial charge in [-0.2, -0.15) is 0 Å². The van der Waals surface area contributed by atoms with Crippen molar-refractivity contribution in [3.63, 3.8) is 0 Å². The summed E-state index contributed by atoms with van der Waals surface area (Å²) in [5, 5.41) is 0. The van der Waals surface area contributed by atoms with Gasteiger partial charge in [-0.25, -0.2) is 0 Å². The molecule has 0 aliphatic heterocycles. The lowest BCUT2D eigenvalue weighted by atomic mass is 9.75. The van der Waals surface area contributed by atoms with Crippen LogP contribution >= 0.6 is 0 Å². The van der Waals surface area contributed by atoms with Crippen molar-refractivity contribution in [1.29, 1.82) is 0 Å². The Bertz CT molecular complexity index is 326. The lowest BCUT2D eigenvalue weighted by Gasteiger charge is -2.32. The molecule has 0 aromatic carbocycles. The third-order valence-electron chi connectivity index (χ3n) is 3.64. The third-order valence-corrected chi connectivity index (χ3v) is 3.64. The van der Waals surface area contributed by atoms with Gasteiger partial charge in [0.1, 0.15) is 0 Å². The zero-order chi connectivity index (χ0) is 17.2. The van der Waals surface area contributed by atoms with Gasteiger partial charge in [0.05, 0.1) is 24.0 Å². The summed E-state index contributed by atoms with van der Waals surface area (Å²) < 4.78 is 10.7. The van der Waals surface area contributed by atoms with Gasteiger partial charge < -0.3 is 9.47 Å². The highest BCUT2D eigenvalue weighted by Crippen LogP contribution is 2.37. The predicted molar refractivity (Wildman–Crippen MR) is 88.6 cm³/mol. The van der Waals surface area contributed by atoms with Crippen LogP contribution in [-0.4, -0.2) is 24.1 Å². The normalized spacial score (nSPS) is 11.8. The molecule has 0 saturated heterocycles. The van der Waals surface area contributed by atoms with Crippen molar-refractivity contribution in [1.82, 2.24) is 0 Å². The van der Waals surface area contributed by atoms with Crippen molar-refractivity contribution in [2.45, 2.75) is 98.7 Å². The molecule has 0 spiro atoms. The van der Waals surface area contributed by atoms with Crippen LogP contribution in [0.3, 0.4) is 0 Å². The van der Waals surface area contributed by atoms with Crippen LogP contribution in [0.15, 0.2) is 0 Å². The second-order valence-corrected chi connectivity index (χ2v) is 6.66. The topological polar surface area (TPSA) is 52.6 Å². The van der Waals surface area contributed by atoms with Crippen LogP contribution in [0.1, 0.15) is 86.5 Å². The van der Waals surface area contributed by atoms with E-state index in [-0.39, 0.29) is 30.6 Å². The van der Waals surface area contributed by atoms with Crippen LogP contribution in [0.25, 0.3) is 0 Å². The zero-order valence-corrected chi connectivity index (χ0v) is 15.2. The first-order valence-corrected chi connectivity index (χ1v) is 8.68. The molecule has 0 amide bonds. The Kier molecular flexibility index (Phi) is 10.1. The first-order chi connectivity index (χ1) is 10.3. The largest absolute Gasteiger partial charge is 0.463 e. The molecule has 0 aliphatic carbocycles. The molecule has 0 saturated carbocycles. The van der Waals surface area contributed by atoms with E-state index in [1.165, 1.54) is 0 Å². The van der Waals surface area contributed by atoms with E-state index in [0.29, 0.717) is 12.8 Å². The van der Waals surface area contributed by atoms with Gasteiger partial charge in [-0.15, -0.1) is 0 Å². The first-order valence-electron chi connectivity index (χ1n) is 8.68. The molecular formula is C18H34O4. The molecular weight excluding hydrogens is 280 g/mol. The van der Waals surface area contributed by atoms with Gasteiger partial charge in [-0.1, -0.05) is 39.5 Å². The average Bonchev–Trinajstić information content (AvgIpc) is 2.40. The van der Waals surface area contributed by atoms with E-state index in [1.807, 2.05) is 27.7 Å². The summed E-state index contributed by atoms with van der Waals surface area (Å²) in [5.41, 5.74) is -0.734. The molecule has 0 aromatic rings. The molecule has 0 aromatic heterocycles. The Hall–Kier alpha value is -1.06. The van der Waals surface area contributed by atoms with Crippen LogP contribution in [0.5, 0.6) is 0 Å². The molecule has 0 aliphatic rings. The van der Waals surface area contributed by atoms with E-state index in [4.69, 9.17) is 9.47 Å². The van der Waals surface area contributed by atoms with Crippen LogP contribution < -0.4 is 0 Å². The molecule has 4 heteroatoms. The summed E-state index contributed by atoms with van der Waals surface area (Å²) in [6.07, 6.45) is 4.95. The Morgan fingerprint density at radius 2 is 1.32 bits per heavy atom. The van der Waals surface area contributed by atoms with Crippen molar-refractivity contribution in [3.05, 3.63) is 0 Å². The van der Waals surface area contributed by atoms with Gasteiger partial charge in [0.2, 0.25) is 0 Å². The van der Waals surface area contributed by atoms with Gasteiger partial charge in [-0.3, -0.25) is 9.59 Å². The number of carbonyl (C=O) groups is 2. The molecule has 4 nitrogen and oxygen atoms in total. The van der Waals surface area contributed by atoms with Crippen molar-refractivity contribution in [2.24, 2.45) is 5.41 Å². The van der Waals surface area contributed by atoms with E-state index >= 15 is 0 Å². The van der Waals surface area contributed by atoms with Crippen molar-refractivity contribution >= 4 is 11.9 Å². The van der Waals surface area contributed by atoms with Crippen LogP contribution in [0.4, 0.5) is 0 Å². The number of rotatable bonds is 11.